The van der Waals surface area contributed by atoms with Gasteiger partial charge in [-0.05, 0) is 38.3 Å². The molecule has 3 amide bonds. The van der Waals surface area contributed by atoms with E-state index in [0.29, 0.717) is 57.9 Å². The molecule has 0 unspecified atom stereocenters. The topological polar surface area (TPSA) is 82.2 Å². The number of piperazine rings is 1. The van der Waals surface area contributed by atoms with Crippen LogP contribution in [0.3, 0.4) is 0 Å². The number of benzene rings is 1. The van der Waals surface area contributed by atoms with Crippen molar-refractivity contribution in [2.24, 2.45) is 0 Å². The summed E-state index contributed by atoms with van der Waals surface area (Å²) >= 11 is 0. The number of hydrogen-bond acceptors (Lipinski definition) is 5. The van der Waals surface area contributed by atoms with Crippen molar-refractivity contribution >= 4 is 29.2 Å². The smallest absolute Gasteiger partial charge is 0.414 e. The Morgan fingerprint density at radius 2 is 1.56 bits per heavy atom. The van der Waals surface area contributed by atoms with Gasteiger partial charge in [-0.2, -0.15) is 0 Å². The molecule has 3 rings (SSSR count). The number of rotatable bonds is 4. The minimum Gasteiger partial charge on any atom is -0.416 e. The number of carbonyl (C=O) groups is 3. The molecule has 1 aromatic carbocycles. The van der Waals surface area contributed by atoms with E-state index < -0.39 is 17.9 Å². The van der Waals surface area contributed by atoms with Gasteiger partial charge in [-0.25, -0.2) is 4.79 Å². The molecule has 2 saturated heterocycles. The number of carbonyl (C=O) groups excluding carboxylic acids is 3. The van der Waals surface area contributed by atoms with Crippen molar-refractivity contribution < 1.29 is 19.1 Å². The van der Waals surface area contributed by atoms with E-state index in [4.69, 9.17) is 4.74 Å². The molecule has 0 radical (unpaired) electrons. The number of nitrogens with zero attached hydrogens (tertiary/aromatic N) is 3. The summed E-state index contributed by atoms with van der Waals surface area (Å²) in [5, 5.41) is 2.83. The Kier molecular flexibility index (Phi) is 7.56. The fourth-order valence-electron chi connectivity index (χ4n) is 4.07. The molecule has 8 heteroatoms. The van der Waals surface area contributed by atoms with Crippen LogP contribution in [0.2, 0.25) is 0 Å². The van der Waals surface area contributed by atoms with Crippen molar-refractivity contribution in [2.45, 2.75) is 32.7 Å². The Morgan fingerprint density at radius 1 is 0.938 bits per heavy atom. The van der Waals surface area contributed by atoms with Gasteiger partial charge in [-0.3, -0.25) is 9.59 Å². The van der Waals surface area contributed by atoms with E-state index in [9.17, 15) is 14.4 Å². The van der Waals surface area contributed by atoms with Crippen LogP contribution in [0.1, 0.15) is 32.3 Å². The first-order valence-electron chi connectivity index (χ1n) is 11.0. The molecule has 32 heavy (non-hydrogen) atoms. The van der Waals surface area contributed by atoms with Gasteiger partial charge in [0.2, 0.25) is 0 Å². The Bertz CT molecular complexity index is 897. The molecule has 2 heterocycles. The molecular weight excluding hydrogens is 408 g/mol. The predicted octanol–water partition coefficient (Wildman–Crippen LogP) is 2.62. The van der Waals surface area contributed by atoms with Gasteiger partial charge in [0.25, 0.3) is 0 Å². The van der Waals surface area contributed by atoms with E-state index in [2.05, 4.69) is 29.4 Å². The van der Waals surface area contributed by atoms with E-state index in [0.717, 1.165) is 16.8 Å². The number of allylic oxidation sites excluding steroid dienone is 2. The maximum absolute atomic E-state index is 12.7. The third-order valence-corrected chi connectivity index (χ3v) is 5.82. The van der Waals surface area contributed by atoms with E-state index in [1.165, 1.54) is 0 Å². The normalized spacial score (nSPS) is 17.0. The van der Waals surface area contributed by atoms with Crippen molar-refractivity contribution in [1.29, 1.82) is 0 Å². The van der Waals surface area contributed by atoms with E-state index in [-0.39, 0.29) is 6.04 Å². The fourth-order valence-corrected chi connectivity index (χ4v) is 4.07. The summed E-state index contributed by atoms with van der Waals surface area (Å²) < 4.78 is 5.02. The molecule has 0 spiro atoms. The molecule has 0 aliphatic carbocycles. The van der Waals surface area contributed by atoms with Crippen LogP contribution >= 0.6 is 0 Å². The average molecular weight is 441 g/mol. The predicted molar refractivity (Wildman–Crippen MR) is 124 cm³/mol. The lowest BCUT2D eigenvalue weighted by molar-refractivity contribution is -0.146. The molecular formula is C24H32N4O4. The Labute approximate surface area is 189 Å². The first-order valence-corrected chi connectivity index (χ1v) is 11.0. The number of para-hydroxylation sites is 1. The Balaban J connectivity index is 1.47. The van der Waals surface area contributed by atoms with Gasteiger partial charge in [0.05, 0.1) is 5.76 Å². The number of hydrogen-bond donors (Lipinski definition) is 1. The van der Waals surface area contributed by atoms with E-state index in [1.807, 2.05) is 25.1 Å². The van der Waals surface area contributed by atoms with E-state index in [1.54, 1.807) is 16.7 Å². The molecule has 0 bridgehead atoms. The largest absolute Gasteiger partial charge is 0.416 e. The number of anilines is 1. The summed E-state index contributed by atoms with van der Waals surface area (Å²) in [4.78, 5) is 42.5. The number of piperidine rings is 1. The molecule has 2 aliphatic heterocycles. The summed E-state index contributed by atoms with van der Waals surface area (Å²) in [7, 11) is 0. The van der Waals surface area contributed by atoms with Crippen LogP contribution in [0.4, 0.5) is 10.5 Å². The number of nitrogens with one attached hydrogen (secondary N) is 1. The molecule has 172 valence electrons. The minimum atomic E-state index is -0.580. The summed E-state index contributed by atoms with van der Waals surface area (Å²) in [5.74, 6) is -0.732. The van der Waals surface area contributed by atoms with Gasteiger partial charge >= 0.3 is 17.9 Å². The third-order valence-electron chi connectivity index (χ3n) is 5.82. The van der Waals surface area contributed by atoms with Crippen LogP contribution in [0.25, 0.3) is 5.57 Å². The molecule has 0 aromatic heterocycles. The second-order valence-corrected chi connectivity index (χ2v) is 8.38. The SMILES string of the molecule is C=C(C)OC(=O)N1CCC(NC(=O)C(=O)N2CCN(c3ccccc3C(=C)C)CC2)CC1. The third kappa shape index (κ3) is 5.69. The fraction of sp³-hybridized carbons (Fsp3) is 0.458. The van der Waals surface area contributed by atoms with E-state index >= 15 is 0 Å². The molecule has 0 atom stereocenters. The summed E-state index contributed by atoms with van der Waals surface area (Å²) in [6.07, 6.45) is 0.732. The number of ether oxygens (including phenoxy) is 1. The summed E-state index contributed by atoms with van der Waals surface area (Å²) in [5.41, 5.74) is 3.20. The van der Waals surface area contributed by atoms with Crippen molar-refractivity contribution in [2.75, 3.05) is 44.2 Å². The van der Waals surface area contributed by atoms with Gasteiger partial charge in [0, 0.05) is 56.6 Å². The molecule has 0 saturated carbocycles. The second kappa shape index (κ2) is 10.3. The van der Waals surface area contributed by atoms with Crippen LogP contribution in [0.5, 0.6) is 0 Å². The molecule has 1 N–H and O–H groups in total. The van der Waals surface area contributed by atoms with Gasteiger partial charge in [-0.15, -0.1) is 0 Å². The maximum Gasteiger partial charge on any atom is 0.414 e. The number of amides is 3. The summed E-state index contributed by atoms with van der Waals surface area (Å²) in [6, 6.07) is 7.96. The highest BCUT2D eigenvalue weighted by molar-refractivity contribution is 6.35. The Hall–Kier alpha value is -3.29. The van der Waals surface area contributed by atoms with Crippen LogP contribution in [-0.2, 0) is 14.3 Å². The lowest BCUT2D eigenvalue weighted by Crippen LogP contribution is -2.55. The molecule has 8 nitrogen and oxygen atoms in total. The maximum atomic E-state index is 12.7. The monoisotopic (exact) mass is 440 g/mol. The summed E-state index contributed by atoms with van der Waals surface area (Å²) in [6.45, 7) is 14.4. The van der Waals surface area contributed by atoms with Crippen LogP contribution in [0.15, 0.2) is 43.2 Å². The van der Waals surface area contributed by atoms with Crippen LogP contribution in [-0.4, -0.2) is 73.0 Å². The zero-order valence-electron chi connectivity index (χ0n) is 18.9. The second-order valence-electron chi connectivity index (χ2n) is 8.38. The van der Waals surface area contributed by atoms with Crippen LogP contribution in [0, 0.1) is 0 Å². The van der Waals surface area contributed by atoms with Gasteiger partial charge in [-0.1, -0.05) is 31.4 Å². The number of likely N-dealkylation sites (tertiary alicyclic amines) is 1. The molecule has 2 fully saturated rings. The molecule has 2 aliphatic rings. The highest BCUT2D eigenvalue weighted by atomic mass is 16.6. The van der Waals surface area contributed by atoms with Crippen molar-refractivity contribution in [3.8, 4) is 0 Å². The zero-order valence-corrected chi connectivity index (χ0v) is 18.9. The van der Waals surface area contributed by atoms with Gasteiger partial charge < -0.3 is 24.8 Å². The first-order chi connectivity index (χ1) is 15.3. The van der Waals surface area contributed by atoms with Crippen LogP contribution < -0.4 is 10.2 Å². The highest BCUT2D eigenvalue weighted by Crippen LogP contribution is 2.26. The molecule has 1 aromatic rings. The lowest BCUT2D eigenvalue weighted by atomic mass is 10.0. The minimum absolute atomic E-state index is 0.135. The highest BCUT2D eigenvalue weighted by Gasteiger charge is 2.30. The van der Waals surface area contributed by atoms with Crippen molar-refractivity contribution in [3.05, 3.63) is 48.7 Å². The lowest BCUT2D eigenvalue weighted by Gasteiger charge is -2.37. The van der Waals surface area contributed by atoms with Crippen molar-refractivity contribution in [3.63, 3.8) is 0 Å². The first kappa shape index (κ1) is 23.4. The zero-order chi connectivity index (χ0) is 23.3. The quantitative estimate of drug-likeness (QED) is 0.575. The van der Waals surface area contributed by atoms with Gasteiger partial charge in [0.1, 0.15) is 0 Å². The average Bonchev–Trinajstić information content (AvgIpc) is 2.78. The Morgan fingerprint density at radius 3 is 2.16 bits per heavy atom. The standard InChI is InChI=1S/C24H32N4O4/c1-17(2)20-7-5-6-8-21(20)26-13-15-27(16-14-26)23(30)22(29)25-19-9-11-28(12-10-19)24(31)32-18(3)4/h5-8,19H,1,3,9-16H2,2,4H3,(H,25,29). The van der Waals surface area contributed by atoms with Gasteiger partial charge in [0.15, 0.2) is 0 Å². The van der Waals surface area contributed by atoms with Crippen molar-refractivity contribution in [1.82, 2.24) is 15.1 Å².